The average molecular weight is 1150 g/mol. The third-order valence-corrected chi connectivity index (χ3v) is 15.5. The first-order chi connectivity index (χ1) is 39.4. The van der Waals surface area contributed by atoms with Gasteiger partial charge in [0.15, 0.2) is 0 Å². The lowest BCUT2D eigenvalue weighted by Gasteiger charge is -2.27. The van der Waals surface area contributed by atoms with Crippen molar-refractivity contribution < 1.29 is 37.3 Å². The summed E-state index contributed by atoms with van der Waals surface area (Å²) in [6, 6.07) is -0.862. The summed E-state index contributed by atoms with van der Waals surface area (Å²) in [5, 5.41) is 3.06. The van der Waals surface area contributed by atoms with Crippen LogP contribution in [0.5, 0.6) is 0 Å². The Morgan fingerprint density at radius 3 is 1.20 bits per heavy atom. The molecule has 81 heavy (non-hydrogen) atoms. The average Bonchev–Trinajstić information content (AvgIpc) is 3.44. The van der Waals surface area contributed by atoms with Gasteiger partial charge in [-0.2, -0.15) is 0 Å². The molecule has 9 nitrogen and oxygen atoms in total. The van der Waals surface area contributed by atoms with Crippen LogP contribution in [0.3, 0.4) is 0 Å². The van der Waals surface area contributed by atoms with Crippen LogP contribution < -0.4 is 5.32 Å². The van der Waals surface area contributed by atoms with Crippen LogP contribution in [-0.4, -0.2) is 74.3 Å². The second kappa shape index (κ2) is 60.1. The lowest BCUT2D eigenvalue weighted by atomic mass is 10.0. The van der Waals surface area contributed by atoms with Crippen molar-refractivity contribution in [3.63, 3.8) is 0 Å². The molecule has 10 heteroatoms. The molecule has 468 valence electrons. The summed E-state index contributed by atoms with van der Waals surface area (Å²) < 4.78 is 30.8. The largest absolute Gasteiger partial charge is 0.472 e. The highest BCUT2D eigenvalue weighted by Gasteiger charge is 2.30. The SMILES string of the molecule is CC/C=C\C/C=C\C/C=C\C/C=C\C/C=C\C/C=C\CCCCCCCCC(=O)OC(/C=C\CCCCCCCCCCCCC)C(COP(=O)(O)OCC[N+](C)(C)C)NC(=O)CCCCCCCCC/C=C/CCCCCCCC. The molecular weight excluding hydrogens is 1020 g/mol. The van der Waals surface area contributed by atoms with Crippen LogP contribution in [0, 0.1) is 0 Å². The zero-order chi connectivity index (χ0) is 59.3. The Bertz CT molecular complexity index is 1710. The van der Waals surface area contributed by atoms with Crippen molar-refractivity contribution in [1.29, 1.82) is 0 Å². The molecule has 3 atom stereocenters. The monoisotopic (exact) mass is 1150 g/mol. The molecule has 0 saturated heterocycles. The number of nitrogens with one attached hydrogen (secondary N) is 1. The molecule has 0 saturated carbocycles. The fourth-order valence-electron chi connectivity index (χ4n) is 9.35. The number of likely N-dealkylation sites (N-methyl/N-ethyl adjacent to an activating group) is 1. The van der Waals surface area contributed by atoms with E-state index >= 15 is 0 Å². The zero-order valence-corrected chi connectivity index (χ0v) is 54.4. The van der Waals surface area contributed by atoms with Gasteiger partial charge in [-0.05, 0) is 109 Å². The second-order valence-corrected chi connectivity index (χ2v) is 25.1. The van der Waals surface area contributed by atoms with Gasteiger partial charge >= 0.3 is 13.8 Å². The predicted octanol–water partition coefficient (Wildman–Crippen LogP) is 21.1. The number of rotatable bonds is 60. The quantitative estimate of drug-likeness (QED) is 0.0205. The van der Waals surface area contributed by atoms with E-state index in [0.717, 1.165) is 135 Å². The zero-order valence-electron chi connectivity index (χ0n) is 53.5. The number of carbonyl (C=O) groups is 2. The normalized spacial score (nSPS) is 14.2. The molecule has 0 fully saturated rings. The van der Waals surface area contributed by atoms with Crippen LogP contribution in [0.15, 0.2) is 97.2 Å². The fraction of sp³-hybridized carbons (Fsp3) is 0.746. The van der Waals surface area contributed by atoms with Gasteiger partial charge in [0.2, 0.25) is 5.91 Å². The molecule has 0 aliphatic rings. The Balaban J connectivity index is 5.22. The number of nitrogens with zero attached hydrogens (tertiary/aromatic N) is 1. The highest BCUT2D eigenvalue weighted by molar-refractivity contribution is 7.47. The Morgan fingerprint density at radius 1 is 0.444 bits per heavy atom. The van der Waals surface area contributed by atoms with Crippen molar-refractivity contribution in [3.05, 3.63) is 97.2 Å². The number of amides is 1. The molecule has 2 N–H and O–H groups in total. The van der Waals surface area contributed by atoms with Gasteiger partial charge in [0.05, 0.1) is 33.8 Å². The first-order valence-electron chi connectivity index (χ1n) is 33.6. The molecule has 0 spiro atoms. The molecular formula is C71H128N2O7P+. The van der Waals surface area contributed by atoms with Crippen LogP contribution in [0.25, 0.3) is 0 Å². The maximum atomic E-state index is 13.6. The minimum atomic E-state index is -4.46. The lowest BCUT2D eigenvalue weighted by molar-refractivity contribution is -0.870. The van der Waals surface area contributed by atoms with Crippen LogP contribution in [-0.2, 0) is 27.9 Å². The van der Waals surface area contributed by atoms with E-state index in [2.05, 4.69) is 111 Å². The summed E-state index contributed by atoms with van der Waals surface area (Å²) in [5.41, 5.74) is 0. The molecule has 1 amide bonds. The summed E-state index contributed by atoms with van der Waals surface area (Å²) in [6.45, 7) is 6.89. The second-order valence-electron chi connectivity index (χ2n) is 23.6. The minimum absolute atomic E-state index is 0.0331. The molecule has 0 aromatic carbocycles. The standard InChI is InChI=1S/C71H127N2O7P/c1-7-10-13-16-19-22-25-28-30-32-33-34-35-36-37-38-39-41-43-46-49-52-55-58-61-64-71(75)80-69(62-59-56-53-50-47-44-27-24-21-18-15-12-9-3)68(67-79-81(76,77)78-66-65-73(4,5)6)72-70(74)63-60-57-54-51-48-45-42-40-31-29-26-23-20-17-14-11-8-2/h10,13,19,22,28-31,33-34,36-37,39,41,59,62,68-69H,7-9,11-12,14-18,20-21,23-27,32,35,38,40,42-58,60-61,63-67H2,1-6H3,(H-,72,74,76,77)/p+1/b13-10-,22-19-,30-28-,31-29+,34-33-,37-36-,41-39-,62-59-. The molecule has 0 aliphatic carbocycles. The van der Waals surface area contributed by atoms with Crippen molar-refractivity contribution in [2.24, 2.45) is 0 Å². The molecule has 0 heterocycles. The summed E-state index contributed by atoms with van der Waals surface area (Å²) >= 11 is 0. The van der Waals surface area contributed by atoms with Gasteiger partial charge in [0, 0.05) is 12.8 Å². The van der Waals surface area contributed by atoms with Gasteiger partial charge in [-0.15, -0.1) is 0 Å². The Morgan fingerprint density at radius 2 is 0.790 bits per heavy atom. The first-order valence-corrected chi connectivity index (χ1v) is 35.1. The third kappa shape index (κ3) is 61.3. The van der Waals surface area contributed by atoms with E-state index in [9.17, 15) is 19.0 Å². The third-order valence-electron chi connectivity index (χ3n) is 14.5. The maximum absolute atomic E-state index is 13.6. The Labute approximate surface area is 500 Å². The summed E-state index contributed by atoms with van der Waals surface area (Å²) in [6.07, 6.45) is 81.2. The van der Waals surface area contributed by atoms with Gasteiger partial charge in [-0.3, -0.25) is 18.6 Å². The summed E-state index contributed by atoms with van der Waals surface area (Å²) in [5.74, 6) is -0.525. The lowest BCUT2D eigenvalue weighted by Crippen LogP contribution is -2.47. The van der Waals surface area contributed by atoms with Gasteiger partial charge in [0.25, 0.3) is 0 Å². The predicted molar refractivity (Wildman–Crippen MR) is 350 cm³/mol. The van der Waals surface area contributed by atoms with Crippen molar-refractivity contribution in [2.45, 2.75) is 303 Å². The van der Waals surface area contributed by atoms with E-state index in [4.69, 9.17) is 13.8 Å². The topological polar surface area (TPSA) is 111 Å². The Kier molecular flexibility index (Phi) is 57.8. The number of ether oxygens (including phenoxy) is 1. The minimum Gasteiger partial charge on any atom is -0.456 e. The van der Waals surface area contributed by atoms with E-state index in [1.54, 1.807) is 0 Å². The number of unbranched alkanes of at least 4 members (excludes halogenated alkanes) is 30. The van der Waals surface area contributed by atoms with Crippen molar-refractivity contribution >= 4 is 19.7 Å². The van der Waals surface area contributed by atoms with Gasteiger partial charge < -0.3 is 19.4 Å². The number of phosphoric ester groups is 1. The van der Waals surface area contributed by atoms with Crippen LogP contribution in [0.1, 0.15) is 290 Å². The molecule has 0 bridgehead atoms. The molecule has 3 unspecified atom stereocenters. The number of quaternary nitrogens is 1. The van der Waals surface area contributed by atoms with Gasteiger partial charge in [-0.1, -0.05) is 266 Å². The molecule has 0 aromatic heterocycles. The number of phosphoric acid groups is 1. The highest BCUT2D eigenvalue weighted by Crippen LogP contribution is 2.43. The highest BCUT2D eigenvalue weighted by atomic mass is 31.2. The molecule has 0 aliphatic heterocycles. The summed E-state index contributed by atoms with van der Waals surface area (Å²) in [4.78, 5) is 37.8. The van der Waals surface area contributed by atoms with E-state index < -0.39 is 20.0 Å². The number of hydrogen-bond donors (Lipinski definition) is 2. The van der Waals surface area contributed by atoms with E-state index in [0.29, 0.717) is 17.4 Å². The van der Waals surface area contributed by atoms with Crippen molar-refractivity contribution in [3.8, 4) is 0 Å². The number of carbonyl (C=O) groups excluding carboxylic acids is 2. The fourth-order valence-corrected chi connectivity index (χ4v) is 10.1. The number of allylic oxidation sites excluding steroid dienone is 15. The number of hydrogen-bond acceptors (Lipinski definition) is 6. The smallest absolute Gasteiger partial charge is 0.456 e. The number of esters is 1. The van der Waals surface area contributed by atoms with Gasteiger partial charge in [0.1, 0.15) is 19.3 Å². The summed E-state index contributed by atoms with van der Waals surface area (Å²) in [7, 11) is 1.48. The molecule has 0 aromatic rings. The van der Waals surface area contributed by atoms with Crippen LogP contribution in [0.2, 0.25) is 0 Å². The van der Waals surface area contributed by atoms with E-state index in [1.807, 2.05) is 33.3 Å². The van der Waals surface area contributed by atoms with E-state index in [1.165, 1.54) is 122 Å². The van der Waals surface area contributed by atoms with E-state index in [-0.39, 0.29) is 31.5 Å². The van der Waals surface area contributed by atoms with Crippen molar-refractivity contribution in [2.75, 3.05) is 40.9 Å². The first kappa shape index (κ1) is 77.9. The molecule has 0 radical (unpaired) electrons. The van der Waals surface area contributed by atoms with Crippen LogP contribution >= 0.6 is 7.82 Å². The van der Waals surface area contributed by atoms with Crippen LogP contribution in [0.4, 0.5) is 0 Å². The van der Waals surface area contributed by atoms with Crippen molar-refractivity contribution in [1.82, 2.24) is 5.32 Å². The molecule has 0 rings (SSSR count). The Hall–Kier alpha value is -3.07. The van der Waals surface area contributed by atoms with Gasteiger partial charge in [-0.25, -0.2) is 4.57 Å². The maximum Gasteiger partial charge on any atom is 0.472 e.